The number of halogens is 1. The summed E-state index contributed by atoms with van der Waals surface area (Å²) in [5.74, 6) is 0.0879. The highest BCUT2D eigenvalue weighted by molar-refractivity contribution is 9.10. The van der Waals surface area contributed by atoms with E-state index in [0.717, 1.165) is 15.7 Å². The Kier molecular flexibility index (Phi) is 4.52. The molecule has 104 valence electrons. The van der Waals surface area contributed by atoms with E-state index in [4.69, 9.17) is 5.11 Å². The zero-order valence-electron chi connectivity index (χ0n) is 10.7. The van der Waals surface area contributed by atoms with Crippen LogP contribution in [0.2, 0.25) is 0 Å². The SMILES string of the molecule is Cc1ccc(Nc2cc(NCC(=O)O)ncn2)c(Br)c1. The number of anilines is 3. The molecule has 1 aromatic carbocycles. The molecule has 1 heterocycles. The molecular weight excluding hydrogens is 324 g/mol. The zero-order valence-corrected chi connectivity index (χ0v) is 12.3. The van der Waals surface area contributed by atoms with E-state index in [2.05, 4.69) is 36.5 Å². The second kappa shape index (κ2) is 6.33. The fourth-order valence-corrected chi connectivity index (χ4v) is 2.14. The number of carboxylic acid groups (broad SMARTS) is 1. The average Bonchev–Trinajstić information content (AvgIpc) is 2.40. The number of nitrogens with zero attached hydrogens (tertiary/aromatic N) is 2. The van der Waals surface area contributed by atoms with Crippen molar-refractivity contribution in [1.82, 2.24) is 9.97 Å². The Morgan fingerprint density at radius 1 is 1.30 bits per heavy atom. The van der Waals surface area contributed by atoms with Gasteiger partial charge in [-0.25, -0.2) is 9.97 Å². The number of hydrogen-bond acceptors (Lipinski definition) is 5. The highest BCUT2D eigenvalue weighted by atomic mass is 79.9. The zero-order chi connectivity index (χ0) is 14.5. The van der Waals surface area contributed by atoms with Crippen LogP contribution in [0.25, 0.3) is 0 Å². The third kappa shape index (κ3) is 3.92. The summed E-state index contributed by atoms with van der Waals surface area (Å²) in [5, 5.41) is 14.4. The molecule has 0 spiro atoms. The molecule has 0 aliphatic heterocycles. The Morgan fingerprint density at radius 3 is 2.75 bits per heavy atom. The normalized spacial score (nSPS) is 10.1. The maximum atomic E-state index is 10.5. The summed E-state index contributed by atoms with van der Waals surface area (Å²) in [4.78, 5) is 18.5. The molecule has 0 radical (unpaired) electrons. The third-order valence-electron chi connectivity index (χ3n) is 2.48. The van der Waals surface area contributed by atoms with Crippen molar-refractivity contribution in [2.24, 2.45) is 0 Å². The molecule has 0 aliphatic carbocycles. The highest BCUT2D eigenvalue weighted by Gasteiger charge is 2.04. The van der Waals surface area contributed by atoms with E-state index in [1.165, 1.54) is 6.33 Å². The molecule has 1 aromatic heterocycles. The van der Waals surface area contributed by atoms with E-state index in [1.54, 1.807) is 6.07 Å². The van der Waals surface area contributed by atoms with Crippen LogP contribution in [-0.2, 0) is 4.79 Å². The first-order chi connectivity index (χ1) is 9.54. The minimum absolute atomic E-state index is 0.190. The van der Waals surface area contributed by atoms with Gasteiger partial charge in [-0.2, -0.15) is 0 Å². The molecule has 0 saturated heterocycles. The quantitative estimate of drug-likeness (QED) is 0.778. The number of carboxylic acids is 1. The lowest BCUT2D eigenvalue weighted by molar-refractivity contribution is -0.134. The van der Waals surface area contributed by atoms with E-state index < -0.39 is 5.97 Å². The summed E-state index contributed by atoms with van der Waals surface area (Å²) >= 11 is 3.47. The van der Waals surface area contributed by atoms with E-state index in [-0.39, 0.29) is 6.54 Å². The summed E-state index contributed by atoms with van der Waals surface area (Å²) in [6.45, 7) is 1.82. The first-order valence-corrected chi connectivity index (χ1v) is 6.65. The van der Waals surface area contributed by atoms with Crippen molar-refractivity contribution >= 4 is 39.2 Å². The minimum atomic E-state index is -0.945. The molecule has 3 N–H and O–H groups in total. The van der Waals surface area contributed by atoms with Gasteiger partial charge in [0.1, 0.15) is 24.5 Å². The lowest BCUT2D eigenvalue weighted by Gasteiger charge is -2.09. The van der Waals surface area contributed by atoms with Crippen LogP contribution in [0.3, 0.4) is 0 Å². The number of aryl methyl sites for hydroxylation is 1. The van der Waals surface area contributed by atoms with Crippen molar-refractivity contribution in [1.29, 1.82) is 0 Å². The van der Waals surface area contributed by atoms with Gasteiger partial charge in [-0.15, -0.1) is 0 Å². The molecule has 0 unspecified atom stereocenters. The topological polar surface area (TPSA) is 87.1 Å². The van der Waals surface area contributed by atoms with Crippen molar-refractivity contribution in [3.05, 3.63) is 40.6 Å². The Hall–Kier alpha value is -2.15. The van der Waals surface area contributed by atoms with Crippen LogP contribution >= 0.6 is 15.9 Å². The molecule has 6 nitrogen and oxygen atoms in total. The fourth-order valence-electron chi connectivity index (χ4n) is 1.55. The number of aliphatic carboxylic acids is 1. The molecule has 20 heavy (non-hydrogen) atoms. The van der Waals surface area contributed by atoms with Crippen molar-refractivity contribution < 1.29 is 9.90 Å². The number of rotatable bonds is 5. The van der Waals surface area contributed by atoms with Gasteiger partial charge in [-0.3, -0.25) is 4.79 Å². The average molecular weight is 337 g/mol. The molecular formula is C13H13BrN4O2. The van der Waals surface area contributed by atoms with Crippen molar-refractivity contribution in [3.8, 4) is 0 Å². The molecule has 0 bridgehead atoms. The maximum absolute atomic E-state index is 10.5. The minimum Gasteiger partial charge on any atom is -0.480 e. The Morgan fingerprint density at radius 2 is 2.05 bits per heavy atom. The van der Waals surface area contributed by atoms with Crippen LogP contribution < -0.4 is 10.6 Å². The first-order valence-electron chi connectivity index (χ1n) is 5.85. The molecule has 0 saturated carbocycles. The van der Waals surface area contributed by atoms with Gasteiger partial charge in [0.25, 0.3) is 0 Å². The van der Waals surface area contributed by atoms with Gasteiger partial charge < -0.3 is 15.7 Å². The Balaban J connectivity index is 2.13. The largest absolute Gasteiger partial charge is 0.480 e. The van der Waals surface area contributed by atoms with Crippen LogP contribution in [0.15, 0.2) is 35.1 Å². The highest BCUT2D eigenvalue weighted by Crippen LogP contribution is 2.26. The monoisotopic (exact) mass is 336 g/mol. The maximum Gasteiger partial charge on any atom is 0.322 e. The molecule has 0 fully saturated rings. The van der Waals surface area contributed by atoms with E-state index in [1.807, 2.05) is 25.1 Å². The third-order valence-corrected chi connectivity index (χ3v) is 3.13. The first kappa shape index (κ1) is 14.3. The van der Waals surface area contributed by atoms with Crippen LogP contribution in [0.4, 0.5) is 17.3 Å². The molecule has 7 heteroatoms. The summed E-state index contributed by atoms with van der Waals surface area (Å²) in [6.07, 6.45) is 1.37. The van der Waals surface area contributed by atoms with Gasteiger partial charge in [0, 0.05) is 10.5 Å². The van der Waals surface area contributed by atoms with Gasteiger partial charge in [0.05, 0.1) is 5.69 Å². The number of nitrogens with one attached hydrogen (secondary N) is 2. The van der Waals surface area contributed by atoms with Gasteiger partial charge in [0.2, 0.25) is 0 Å². The van der Waals surface area contributed by atoms with Gasteiger partial charge in [-0.05, 0) is 40.5 Å². The van der Waals surface area contributed by atoms with Gasteiger partial charge in [-0.1, -0.05) is 6.07 Å². The van der Waals surface area contributed by atoms with Crippen molar-refractivity contribution in [2.45, 2.75) is 6.92 Å². The molecule has 2 aromatic rings. The summed E-state index contributed by atoms with van der Waals surface area (Å²) in [6, 6.07) is 7.56. The predicted octanol–water partition coefficient (Wildman–Crippen LogP) is 2.79. The molecule has 0 amide bonds. The van der Waals surface area contributed by atoms with E-state index in [9.17, 15) is 4.79 Å². The second-order valence-electron chi connectivity index (χ2n) is 4.14. The molecule has 2 rings (SSSR count). The van der Waals surface area contributed by atoms with Crippen LogP contribution in [0.5, 0.6) is 0 Å². The van der Waals surface area contributed by atoms with Crippen LogP contribution in [0.1, 0.15) is 5.56 Å². The second-order valence-corrected chi connectivity index (χ2v) is 5.00. The standard InChI is InChI=1S/C13H13BrN4O2/c1-8-2-3-10(9(14)4-8)18-12-5-11(16-7-17-12)15-6-13(19)20/h2-5,7H,6H2,1H3,(H,19,20)(H2,15,16,17,18). The molecule has 0 atom stereocenters. The van der Waals surface area contributed by atoms with Crippen molar-refractivity contribution in [2.75, 3.05) is 17.2 Å². The van der Waals surface area contributed by atoms with E-state index >= 15 is 0 Å². The summed E-state index contributed by atoms with van der Waals surface area (Å²) in [7, 11) is 0. The lowest BCUT2D eigenvalue weighted by atomic mass is 10.2. The van der Waals surface area contributed by atoms with Gasteiger partial charge >= 0.3 is 5.97 Å². The Labute approximate surface area is 124 Å². The number of hydrogen-bond donors (Lipinski definition) is 3. The van der Waals surface area contributed by atoms with E-state index in [0.29, 0.717) is 11.6 Å². The van der Waals surface area contributed by atoms with Crippen LogP contribution in [-0.4, -0.2) is 27.6 Å². The molecule has 0 aliphatic rings. The van der Waals surface area contributed by atoms with Crippen molar-refractivity contribution in [3.63, 3.8) is 0 Å². The predicted molar refractivity (Wildman–Crippen MR) is 80.3 cm³/mol. The van der Waals surface area contributed by atoms with Crippen LogP contribution in [0, 0.1) is 6.92 Å². The number of benzene rings is 1. The van der Waals surface area contributed by atoms with Gasteiger partial charge in [0.15, 0.2) is 0 Å². The smallest absolute Gasteiger partial charge is 0.322 e. The number of carbonyl (C=O) groups is 1. The lowest BCUT2D eigenvalue weighted by Crippen LogP contribution is -2.13. The number of aromatic nitrogens is 2. The fraction of sp³-hybridized carbons (Fsp3) is 0.154. The summed E-state index contributed by atoms with van der Waals surface area (Å²) < 4.78 is 0.927. The summed E-state index contributed by atoms with van der Waals surface area (Å²) in [5.41, 5.74) is 2.02. The Bertz CT molecular complexity index is 634.